The Morgan fingerprint density at radius 2 is 1.93 bits per heavy atom. The number of halogens is 1. The number of hydrogen-bond donors (Lipinski definition) is 1. The van der Waals surface area contributed by atoms with E-state index in [1.807, 2.05) is 68.4 Å². The number of carbonyl (C=O) groups is 1. The second-order valence-corrected chi connectivity index (χ2v) is 6.70. The average molecular weight is 380 g/mol. The van der Waals surface area contributed by atoms with Gasteiger partial charge in [-0.25, -0.2) is 0 Å². The van der Waals surface area contributed by atoms with E-state index in [0.717, 1.165) is 22.5 Å². The molecule has 1 amide bonds. The van der Waals surface area contributed by atoms with E-state index in [1.54, 1.807) is 17.3 Å². The molecule has 1 N–H and O–H groups in total. The molecule has 0 unspecified atom stereocenters. The van der Waals surface area contributed by atoms with Gasteiger partial charge in [0.1, 0.15) is 0 Å². The van der Waals surface area contributed by atoms with E-state index in [-0.39, 0.29) is 5.91 Å². The minimum absolute atomic E-state index is 0.0722. The quantitative estimate of drug-likeness (QED) is 0.630. The number of nitrogens with one attached hydrogen (secondary N) is 1. The molecule has 0 fully saturated rings. The normalized spacial score (nSPS) is 10.5. The minimum atomic E-state index is -0.0722. The number of anilines is 2. The Labute approximate surface area is 164 Å². The topological polar surface area (TPSA) is 45.2 Å². The summed E-state index contributed by atoms with van der Waals surface area (Å²) in [7, 11) is 0. The molecule has 0 saturated heterocycles. The van der Waals surface area contributed by atoms with Crippen molar-refractivity contribution in [1.82, 2.24) is 4.98 Å². The van der Waals surface area contributed by atoms with E-state index in [1.165, 1.54) is 0 Å². The molecule has 0 aliphatic carbocycles. The fourth-order valence-corrected chi connectivity index (χ4v) is 3.09. The molecule has 0 saturated carbocycles. The van der Waals surface area contributed by atoms with Gasteiger partial charge >= 0.3 is 0 Å². The zero-order valence-electron chi connectivity index (χ0n) is 15.4. The molecule has 0 atom stereocenters. The molecule has 138 valence electrons. The maximum Gasteiger partial charge on any atom is 0.259 e. The Morgan fingerprint density at radius 3 is 2.67 bits per heavy atom. The van der Waals surface area contributed by atoms with Crippen LogP contribution < -0.4 is 10.2 Å². The Morgan fingerprint density at radius 1 is 1.11 bits per heavy atom. The van der Waals surface area contributed by atoms with E-state index in [2.05, 4.69) is 10.3 Å². The second-order valence-electron chi connectivity index (χ2n) is 6.30. The molecular formula is C22H22ClN3O. The molecule has 3 aromatic rings. The predicted molar refractivity (Wildman–Crippen MR) is 112 cm³/mol. The predicted octanol–water partition coefficient (Wildman–Crippen LogP) is 5.32. The first-order valence-corrected chi connectivity index (χ1v) is 9.27. The highest BCUT2D eigenvalue weighted by Crippen LogP contribution is 2.21. The summed E-state index contributed by atoms with van der Waals surface area (Å²) in [5, 5.41) is 4.00. The summed E-state index contributed by atoms with van der Waals surface area (Å²) >= 11 is 6.20. The van der Waals surface area contributed by atoms with Crippen LogP contribution in [0, 0.1) is 6.92 Å². The molecule has 0 spiro atoms. The van der Waals surface area contributed by atoms with Crippen LogP contribution in [0.1, 0.15) is 28.4 Å². The standard InChI is InChI=1S/C22H22ClN3O/c1-3-26(20-9-6-7-16(2)11-20)22(27)18-12-19(15-24-13-18)25-14-17-8-4-5-10-21(17)23/h4-13,15,25H,3,14H2,1-2H3. The molecule has 3 rings (SSSR count). The summed E-state index contributed by atoms with van der Waals surface area (Å²) < 4.78 is 0. The van der Waals surface area contributed by atoms with Crippen molar-refractivity contribution in [2.75, 3.05) is 16.8 Å². The summed E-state index contributed by atoms with van der Waals surface area (Å²) in [6, 6.07) is 17.4. The maximum atomic E-state index is 13.0. The van der Waals surface area contributed by atoms with Gasteiger partial charge in [-0.3, -0.25) is 9.78 Å². The summed E-state index contributed by atoms with van der Waals surface area (Å²) in [5.74, 6) is -0.0722. The first-order chi connectivity index (χ1) is 13.1. The van der Waals surface area contributed by atoms with Crippen LogP contribution in [0.3, 0.4) is 0 Å². The third-order valence-corrected chi connectivity index (χ3v) is 4.67. The summed E-state index contributed by atoms with van der Waals surface area (Å²) in [6.45, 7) is 5.13. The monoisotopic (exact) mass is 379 g/mol. The Bertz CT molecular complexity index is 942. The first-order valence-electron chi connectivity index (χ1n) is 8.89. The molecule has 0 radical (unpaired) electrons. The Balaban J connectivity index is 1.77. The van der Waals surface area contributed by atoms with Gasteiger partial charge in [0.05, 0.1) is 11.3 Å². The van der Waals surface area contributed by atoms with Crippen molar-refractivity contribution < 1.29 is 4.79 Å². The Hall–Kier alpha value is -2.85. The lowest BCUT2D eigenvalue weighted by atomic mass is 10.1. The number of nitrogens with zero attached hydrogens (tertiary/aromatic N) is 2. The molecule has 1 aromatic heterocycles. The number of aromatic nitrogens is 1. The zero-order valence-corrected chi connectivity index (χ0v) is 16.2. The lowest BCUT2D eigenvalue weighted by molar-refractivity contribution is 0.0988. The van der Waals surface area contributed by atoms with Crippen molar-refractivity contribution in [3.63, 3.8) is 0 Å². The highest BCUT2D eigenvalue weighted by molar-refractivity contribution is 6.31. The van der Waals surface area contributed by atoms with Crippen LogP contribution in [0.4, 0.5) is 11.4 Å². The van der Waals surface area contributed by atoms with Gasteiger partial charge in [0.2, 0.25) is 0 Å². The van der Waals surface area contributed by atoms with Gasteiger partial charge in [-0.05, 0) is 49.2 Å². The van der Waals surface area contributed by atoms with Crippen molar-refractivity contribution in [2.24, 2.45) is 0 Å². The van der Waals surface area contributed by atoms with E-state index in [9.17, 15) is 4.79 Å². The van der Waals surface area contributed by atoms with E-state index in [4.69, 9.17) is 11.6 Å². The van der Waals surface area contributed by atoms with Crippen molar-refractivity contribution in [2.45, 2.75) is 20.4 Å². The van der Waals surface area contributed by atoms with E-state index < -0.39 is 0 Å². The number of benzene rings is 2. The van der Waals surface area contributed by atoms with Crippen LogP contribution in [0.2, 0.25) is 5.02 Å². The number of rotatable bonds is 6. The second kappa shape index (κ2) is 8.69. The van der Waals surface area contributed by atoms with Crippen molar-refractivity contribution in [3.8, 4) is 0 Å². The molecule has 5 heteroatoms. The lowest BCUT2D eigenvalue weighted by Gasteiger charge is -2.21. The molecule has 27 heavy (non-hydrogen) atoms. The summed E-state index contributed by atoms with van der Waals surface area (Å²) in [4.78, 5) is 19.0. The molecule has 4 nitrogen and oxygen atoms in total. The SMILES string of the molecule is CCN(C(=O)c1cncc(NCc2ccccc2Cl)c1)c1cccc(C)c1. The van der Waals surface area contributed by atoms with Gasteiger partial charge in [0.15, 0.2) is 0 Å². The number of pyridine rings is 1. The fraction of sp³-hybridized carbons (Fsp3) is 0.182. The maximum absolute atomic E-state index is 13.0. The van der Waals surface area contributed by atoms with E-state index in [0.29, 0.717) is 23.7 Å². The first kappa shape index (κ1) is 18.9. The summed E-state index contributed by atoms with van der Waals surface area (Å²) in [5.41, 5.74) is 4.32. The third kappa shape index (κ3) is 4.66. The van der Waals surface area contributed by atoms with Crippen LogP contribution in [-0.4, -0.2) is 17.4 Å². The van der Waals surface area contributed by atoms with E-state index >= 15 is 0 Å². The van der Waals surface area contributed by atoms with Crippen molar-refractivity contribution in [1.29, 1.82) is 0 Å². The summed E-state index contributed by atoms with van der Waals surface area (Å²) in [6.07, 6.45) is 3.30. The molecule has 1 heterocycles. The van der Waals surface area contributed by atoms with Crippen LogP contribution >= 0.6 is 11.6 Å². The lowest BCUT2D eigenvalue weighted by Crippen LogP contribution is -2.30. The molecule has 0 aliphatic rings. The van der Waals surface area contributed by atoms with Gasteiger partial charge in [-0.2, -0.15) is 0 Å². The largest absolute Gasteiger partial charge is 0.380 e. The van der Waals surface area contributed by atoms with Crippen LogP contribution in [-0.2, 0) is 6.54 Å². The number of aryl methyl sites for hydroxylation is 1. The molecule has 2 aromatic carbocycles. The van der Waals surface area contributed by atoms with Crippen LogP contribution in [0.25, 0.3) is 0 Å². The van der Waals surface area contributed by atoms with Crippen LogP contribution in [0.15, 0.2) is 67.0 Å². The molecular weight excluding hydrogens is 358 g/mol. The van der Waals surface area contributed by atoms with Crippen LogP contribution in [0.5, 0.6) is 0 Å². The fourth-order valence-electron chi connectivity index (χ4n) is 2.89. The van der Waals surface area contributed by atoms with Gasteiger partial charge in [-0.1, -0.05) is 41.9 Å². The highest BCUT2D eigenvalue weighted by atomic mass is 35.5. The van der Waals surface area contributed by atoms with Crippen molar-refractivity contribution in [3.05, 3.63) is 88.7 Å². The average Bonchev–Trinajstić information content (AvgIpc) is 2.68. The van der Waals surface area contributed by atoms with Gasteiger partial charge in [0, 0.05) is 36.2 Å². The number of amides is 1. The van der Waals surface area contributed by atoms with Gasteiger partial charge in [0.25, 0.3) is 5.91 Å². The minimum Gasteiger partial charge on any atom is -0.380 e. The number of carbonyl (C=O) groups excluding carboxylic acids is 1. The van der Waals surface area contributed by atoms with Gasteiger partial charge < -0.3 is 10.2 Å². The van der Waals surface area contributed by atoms with Crippen molar-refractivity contribution >= 4 is 28.9 Å². The third-order valence-electron chi connectivity index (χ3n) is 4.30. The Kier molecular flexibility index (Phi) is 6.09. The molecule has 0 aliphatic heterocycles. The molecule has 0 bridgehead atoms. The van der Waals surface area contributed by atoms with Gasteiger partial charge in [-0.15, -0.1) is 0 Å². The number of hydrogen-bond acceptors (Lipinski definition) is 3. The smallest absolute Gasteiger partial charge is 0.259 e. The highest BCUT2D eigenvalue weighted by Gasteiger charge is 2.17. The zero-order chi connectivity index (χ0) is 19.2.